The molecule has 0 heterocycles. The van der Waals surface area contributed by atoms with Gasteiger partial charge in [0.2, 0.25) is 0 Å². The van der Waals surface area contributed by atoms with Gasteiger partial charge in [0.1, 0.15) is 5.75 Å². The van der Waals surface area contributed by atoms with Crippen molar-refractivity contribution in [1.29, 1.82) is 0 Å². The zero-order valence-corrected chi connectivity index (χ0v) is 17.4. The van der Waals surface area contributed by atoms with Crippen LogP contribution < -0.4 is 4.74 Å². The standard InChI is InChI=1S/C23H36O4/c1-4-5-6-7-8-9-12-18-26-22(24)16-10-11-17-23(25)27-21-15-13-14-19(2)20(21)3/h13-15H,4-12,16-18H2,1-3H3. The van der Waals surface area contributed by atoms with E-state index < -0.39 is 0 Å². The first-order valence-electron chi connectivity index (χ1n) is 10.5. The fraction of sp³-hybridized carbons (Fsp3) is 0.652. The first-order chi connectivity index (χ1) is 13.0. The second-order valence-corrected chi connectivity index (χ2v) is 7.22. The highest BCUT2D eigenvalue weighted by atomic mass is 16.5. The Kier molecular flexibility index (Phi) is 12.2. The number of esters is 2. The maximum Gasteiger partial charge on any atom is 0.311 e. The van der Waals surface area contributed by atoms with Crippen LogP contribution in [0.4, 0.5) is 0 Å². The minimum atomic E-state index is -0.250. The van der Waals surface area contributed by atoms with Crippen LogP contribution in [-0.4, -0.2) is 18.5 Å². The molecule has 4 nitrogen and oxygen atoms in total. The summed E-state index contributed by atoms with van der Waals surface area (Å²) in [6.07, 6.45) is 10.4. The lowest BCUT2D eigenvalue weighted by molar-refractivity contribution is -0.144. The van der Waals surface area contributed by atoms with Gasteiger partial charge in [-0.2, -0.15) is 0 Å². The number of rotatable bonds is 14. The summed E-state index contributed by atoms with van der Waals surface area (Å²) in [5, 5.41) is 0. The van der Waals surface area contributed by atoms with Gasteiger partial charge in [0, 0.05) is 12.8 Å². The van der Waals surface area contributed by atoms with Gasteiger partial charge >= 0.3 is 11.9 Å². The van der Waals surface area contributed by atoms with E-state index >= 15 is 0 Å². The summed E-state index contributed by atoms with van der Waals surface area (Å²) in [4.78, 5) is 23.6. The van der Waals surface area contributed by atoms with Crippen LogP contribution in [0.3, 0.4) is 0 Å². The smallest absolute Gasteiger partial charge is 0.311 e. The van der Waals surface area contributed by atoms with Gasteiger partial charge in [0.15, 0.2) is 0 Å². The second-order valence-electron chi connectivity index (χ2n) is 7.22. The average molecular weight is 377 g/mol. The van der Waals surface area contributed by atoms with Gasteiger partial charge in [-0.3, -0.25) is 9.59 Å². The molecule has 0 atom stereocenters. The van der Waals surface area contributed by atoms with Crippen LogP contribution in [0, 0.1) is 13.8 Å². The molecular weight excluding hydrogens is 340 g/mol. The summed E-state index contributed by atoms with van der Waals surface area (Å²) in [5.41, 5.74) is 2.09. The fourth-order valence-electron chi connectivity index (χ4n) is 2.86. The second kappa shape index (κ2) is 14.2. The number of carbonyl (C=O) groups is 2. The van der Waals surface area contributed by atoms with Crippen molar-refractivity contribution in [3.63, 3.8) is 0 Å². The lowest BCUT2D eigenvalue weighted by Crippen LogP contribution is -2.10. The van der Waals surface area contributed by atoms with E-state index in [1.807, 2.05) is 26.0 Å². The van der Waals surface area contributed by atoms with Crippen molar-refractivity contribution in [3.05, 3.63) is 29.3 Å². The maximum atomic E-state index is 11.9. The van der Waals surface area contributed by atoms with Gasteiger partial charge in [-0.1, -0.05) is 57.6 Å². The number of benzene rings is 1. The fourth-order valence-corrected chi connectivity index (χ4v) is 2.86. The number of carbonyl (C=O) groups excluding carboxylic acids is 2. The zero-order chi connectivity index (χ0) is 19.9. The van der Waals surface area contributed by atoms with Crippen LogP contribution in [0.5, 0.6) is 5.75 Å². The number of unbranched alkanes of at least 4 members (excludes halogenated alkanes) is 7. The normalized spacial score (nSPS) is 10.6. The van der Waals surface area contributed by atoms with Crippen LogP contribution >= 0.6 is 0 Å². The van der Waals surface area contributed by atoms with E-state index in [0.29, 0.717) is 38.0 Å². The van der Waals surface area contributed by atoms with Crippen molar-refractivity contribution in [2.45, 2.75) is 91.4 Å². The number of hydrogen-bond acceptors (Lipinski definition) is 4. The van der Waals surface area contributed by atoms with Crippen LogP contribution in [0.25, 0.3) is 0 Å². The molecule has 0 bridgehead atoms. The molecule has 0 saturated heterocycles. The summed E-state index contributed by atoms with van der Waals surface area (Å²) >= 11 is 0. The molecule has 0 amide bonds. The van der Waals surface area contributed by atoms with Crippen molar-refractivity contribution in [3.8, 4) is 5.75 Å². The highest BCUT2D eigenvalue weighted by Gasteiger charge is 2.09. The molecule has 0 aliphatic heterocycles. The largest absolute Gasteiger partial charge is 0.466 e. The Morgan fingerprint density at radius 3 is 2.15 bits per heavy atom. The Labute approximate surface area is 164 Å². The van der Waals surface area contributed by atoms with E-state index in [1.165, 1.54) is 32.1 Å². The van der Waals surface area contributed by atoms with Gasteiger partial charge < -0.3 is 9.47 Å². The van der Waals surface area contributed by atoms with E-state index in [2.05, 4.69) is 6.92 Å². The molecule has 0 unspecified atom stereocenters. The Bertz CT molecular complexity index is 565. The molecule has 0 spiro atoms. The van der Waals surface area contributed by atoms with E-state index in [1.54, 1.807) is 6.07 Å². The molecule has 0 aromatic heterocycles. The number of ether oxygens (including phenoxy) is 2. The molecule has 0 N–H and O–H groups in total. The third-order valence-corrected chi connectivity index (χ3v) is 4.80. The number of aryl methyl sites for hydroxylation is 1. The molecule has 0 radical (unpaired) electrons. The molecule has 0 saturated carbocycles. The van der Waals surface area contributed by atoms with E-state index in [-0.39, 0.29) is 11.9 Å². The minimum absolute atomic E-state index is 0.163. The first-order valence-corrected chi connectivity index (χ1v) is 10.5. The molecule has 0 fully saturated rings. The maximum absolute atomic E-state index is 11.9. The minimum Gasteiger partial charge on any atom is -0.466 e. The van der Waals surface area contributed by atoms with Gasteiger partial charge in [0.05, 0.1) is 6.61 Å². The molecule has 1 aromatic carbocycles. The van der Waals surface area contributed by atoms with Crippen molar-refractivity contribution in [2.24, 2.45) is 0 Å². The third-order valence-electron chi connectivity index (χ3n) is 4.80. The van der Waals surface area contributed by atoms with E-state index in [9.17, 15) is 9.59 Å². The van der Waals surface area contributed by atoms with E-state index in [0.717, 1.165) is 24.0 Å². The number of hydrogen-bond donors (Lipinski definition) is 0. The van der Waals surface area contributed by atoms with Crippen LogP contribution in [0.15, 0.2) is 18.2 Å². The molecule has 0 aliphatic carbocycles. The van der Waals surface area contributed by atoms with Crippen molar-refractivity contribution < 1.29 is 19.1 Å². The zero-order valence-electron chi connectivity index (χ0n) is 17.4. The van der Waals surface area contributed by atoms with Crippen LogP contribution in [0.2, 0.25) is 0 Å². The molecular formula is C23H36O4. The quantitative estimate of drug-likeness (QED) is 0.225. The Morgan fingerprint density at radius 2 is 1.44 bits per heavy atom. The van der Waals surface area contributed by atoms with Gasteiger partial charge in [0.25, 0.3) is 0 Å². The van der Waals surface area contributed by atoms with Gasteiger partial charge in [-0.25, -0.2) is 0 Å². The highest BCUT2D eigenvalue weighted by molar-refractivity contribution is 5.73. The predicted molar refractivity (Wildman–Crippen MR) is 109 cm³/mol. The molecule has 1 rings (SSSR count). The van der Waals surface area contributed by atoms with Crippen LogP contribution in [0.1, 0.15) is 88.7 Å². The molecule has 0 aliphatic rings. The lowest BCUT2D eigenvalue weighted by Gasteiger charge is -2.09. The summed E-state index contributed by atoms with van der Waals surface area (Å²) in [6.45, 7) is 6.67. The molecule has 27 heavy (non-hydrogen) atoms. The Morgan fingerprint density at radius 1 is 0.815 bits per heavy atom. The first kappa shape index (κ1) is 23.2. The van der Waals surface area contributed by atoms with Crippen LogP contribution in [-0.2, 0) is 14.3 Å². The Balaban J connectivity index is 2.03. The molecule has 1 aromatic rings. The van der Waals surface area contributed by atoms with Crippen molar-refractivity contribution in [2.75, 3.05) is 6.61 Å². The third kappa shape index (κ3) is 10.8. The lowest BCUT2D eigenvalue weighted by atomic mass is 10.1. The summed E-state index contributed by atoms with van der Waals surface area (Å²) in [6, 6.07) is 5.68. The topological polar surface area (TPSA) is 52.6 Å². The summed E-state index contributed by atoms with van der Waals surface area (Å²) < 4.78 is 10.7. The Hall–Kier alpha value is -1.84. The summed E-state index contributed by atoms with van der Waals surface area (Å²) in [5.74, 6) is 0.207. The summed E-state index contributed by atoms with van der Waals surface area (Å²) in [7, 11) is 0. The average Bonchev–Trinajstić information content (AvgIpc) is 2.65. The highest BCUT2D eigenvalue weighted by Crippen LogP contribution is 2.21. The van der Waals surface area contributed by atoms with E-state index in [4.69, 9.17) is 9.47 Å². The van der Waals surface area contributed by atoms with Crippen molar-refractivity contribution >= 4 is 11.9 Å². The molecule has 4 heteroatoms. The van der Waals surface area contributed by atoms with Gasteiger partial charge in [-0.15, -0.1) is 0 Å². The SMILES string of the molecule is CCCCCCCCCOC(=O)CCCCC(=O)Oc1cccc(C)c1C. The van der Waals surface area contributed by atoms with Crippen molar-refractivity contribution in [1.82, 2.24) is 0 Å². The molecule has 152 valence electrons. The predicted octanol–water partition coefficient (Wildman–Crippen LogP) is 6.06. The van der Waals surface area contributed by atoms with Gasteiger partial charge in [-0.05, 0) is 50.3 Å². The monoisotopic (exact) mass is 376 g/mol.